The van der Waals surface area contributed by atoms with Crippen LogP contribution < -0.4 is 15.0 Å². The first-order valence-electron chi connectivity index (χ1n) is 10.3. The third-order valence-corrected chi connectivity index (χ3v) is 5.31. The van der Waals surface area contributed by atoms with Gasteiger partial charge in [-0.15, -0.1) is 0 Å². The lowest BCUT2D eigenvalue weighted by atomic mass is 10.1. The van der Waals surface area contributed by atoms with Gasteiger partial charge >= 0.3 is 5.97 Å². The third-order valence-electron chi connectivity index (χ3n) is 5.06. The van der Waals surface area contributed by atoms with Gasteiger partial charge in [-0.1, -0.05) is 29.8 Å². The first kappa shape index (κ1) is 22.4. The van der Waals surface area contributed by atoms with Crippen molar-refractivity contribution in [2.24, 2.45) is 5.92 Å². The van der Waals surface area contributed by atoms with Crippen molar-refractivity contribution in [3.63, 3.8) is 0 Å². The molecule has 2 amide bonds. The van der Waals surface area contributed by atoms with E-state index < -0.39 is 24.4 Å². The highest BCUT2D eigenvalue weighted by atomic mass is 35.5. The highest BCUT2D eigenvalue weighted by molar-refractivity contribution is 6.30. The Kier molecular flexibility index (Phi) is 6.90. The SMILES string of the molecule is O=C(COC(=O)[C@H]1CC(=O)N(c2ccc(Cl)cc2)C1)Nc1ccc(Oc2ccccc2)cc1. The van der Waals surface area contributed by atoms with Gasteiger partial charge in [0.2, 0.25) is 5.91 Å². The molecule has 0 bridgehead atoms. The van der Waals surface area contributed by atoms with Gasteiger partial charge in [0.15, 0.2) is 6.61 Å². The predicted molar refractivity (Wildman–Crippen MR) is 124 cm³/mol. The smallest absolute Gasteiger partial charge is 0.311 e. The molecule has 1 fully saturated rings. The van der Waals surface area contributed by atoms with Crippen LogP contribution in [0.4, 0.5) is 11.4 Å². The summed E-state index contributed by atoms with van der Waals surface area (Å²) in [6.45, 7) is -0.240. The molecule has 33 heavy (non-hydrogen) atoms. The van der Waals surface area contributed by atoms with Crippen molar-refractivity contribution in [3.8, 4) is 11.5 Å². The molecule has 1 aliphatic heterocycles. The van der Waals surface area contributed by atoms with E-state index >= 15 is 0 Å². The Balaban J connectivity index is 1.24. The molecule has 7 nitrogen and oxygen atoms in total. The van der Waals surface area contributed by atoms with Crippen molar-refractivity contribution >= 4 is 40.8 Å². The molecule has 1 aliphatic rings. The number of amides is 2. The summed E-state index contributed by atoms with van der Waals surface area (Å²) < 4.78 is 10.8. The number of nitrogens with zero attached hydrogens (tertiary/aromatic N) is 1. The van der Waals surface area contributed by atoms with Crippen molar-refractivity contribution < 1.29 is 23.9 Å². The monoisotopic (exact) mass is 464 g/mol. The molecule has 4 rings (SSSR count). The number of carbonyl (C=O) groups is 3. The number of esters is 1. The number of nitrogens with one attached hydrogen (secondary N) is 1. The molecular formula is C25H21ClN2O5. The maximum atomic E-state index is 12.4. The van der Waals surface area contributed by atoms with Crippen LogP contribution in [0.25, 0.3) is 0 Å². The Bertz CT molecular complexity index is 1130. The quantitative estimate of drug-likeness (QED) is 0.514. The van der Waals surface area contributed by atoms with Crippen LogP contribution in [0.1, 0.15) is 6.42 Å². The summed E-state index contributed by atoms with van der Waals surface area (Å²) in [6.07, 6.45) is 0.0337. The molecule has 3 aromatic carbocycles. The van der Waals surface area contributed by atoms with Crippen LogP contribution in [0, 0.1) is 5.92 Å². The summed E-state index contributed by atoms with van der Waals surface area (Å²) in [5.74, 6) is -0.527. The highest BCUT2D eigenvalue weighted by Crippen LogP contribution is 2.27. The predicted octanol–water partition coefficient (Wildman–Crippen LogP) is 4.67. The molecule has 1 saturated heterocycles. The van der Waals surface area contributed by atoms with Gasteiger partial charge in [0.25, 0.3) is 5.91 Å². The normalized spacial score (nSPS) is 15.2. The zero-order valence-corrected chi connectivity index (χ0v) is 18.3. The molecule has 0 aromatic heterocycles. The molecule has 0 spiro atoms. The Morgan fingerprint density at radius 3 is 2.30 bits per heavy atom. The Morgan fingerprint density at radius 2 is 1.61 bits per heavy atom. The number of hydrogen-bond donors (Lipinski definition) is 1. The maximum absolute atomic E-state index is 12.4. The first-order chi connectivity index (χ1) is 16.0. The van der Waals surface area contributed by atoms with E-state index in [-0.39, 0.29) is 18.9 Å². The minimum atomic E-state index is -0.629. The number of para-hydroxylation sites is 1. The molecule has 8 heteroatoms. The minimum absolute atomic E-state index is 0.0337. The van der Waals surface area contributed by atoms with E-state index in [9.17, 15) is 14.4 Å². The lowest BCUT2D eigenvalue weighted by molar-refractivity contribution is -0.151. The van der Waals surface area contributed by atoms with Gasteiger partial charge in [0, 0.05) is 29.4 Å². The van der Waals surface area contributed by atoms with Gasteiger partial charge < -0.3 is 19.7 Å². The van der Waals surface area contributed by atoms with Crippen molar-refractivity contribution in [1.82, 2.24) is 0 Å². The Morgan fingerprint density at radius 1 is 0.939 bits per heavy atom. The highest BCUT2D eigenvalue weighted by Gasteiger charge is 2.36. The number of carbonyl (C=O) groups excluding carboxylic acids is 3. The van der Waals surface area contributed by atoms with Crippen LogP contribution >= 0.6 is 11.6 Å². The minimum Gasteiger partial charge on any atom is -0.457 e. The largest absolute Gasteiger partial charge is 0.457 e. The summed E-state index contributed by atoms with van der Waals surface area (Å²) in [5.41, 5.74) is 1.21. The van der Waals surface area contributed by atoms with E-state index in [0.717, 1.165) is 0 Å². The van der Waals surface area contributed by atoms with E-state index in [1.54, 1.807) is 48.5 Å². The number of ether oxygens (including phenoxy) is 2. The average Bonchev–Trinajstić information content (AvgIpc) is 3.21. The Labute approximate surface area is 195 Å². The first-order valence-corrected chi connectivity index (χ1v) is 10.7. The molecule has 1 N–H and O–H groups in total. The van der Waals surface area contributed by atoms with Crippen molar-refractivity contribution in [3.05, 3.63) is 83.9 Å². The van der Waals surface area contributed by atoms with Gasteiger partial charge in [0.05, 0.1) is 5.92 Å². The second kappa shape index (κ2) is 10.2. The van der Waals surface area contributed by atoms with Gasteiger partial charge in [-0.25, -0.2) is 0 Å². The second-order valence-corrected chi connectivity index (χ2v) is 7.91. The summed E-state index contributed by atoms with van der Waals surface area (Å²) >= 11 is 5.88. The Hall–Kier alpha value is -3.84. The molecule has 3 aromatic rings. The summed E-state index contributed by atoms with van der Waals surface area (Å²) in [7, 11) is 0. The summed E-state index contributed by atoms with van der Waals surface area (Å²) in [4.78, 5) is 38.4. The van der Waals surface area contributed by atoms with Gasteiger partial charge in [-0.3, -0.25) is 14.4 Å². The van der Waals surface area contributed by atoms with E-state index in [1.165, 1.54) is 4.90 Å². The topological polar surface area (TPSA) is 84.9 Å². The van der Waals surface area contributed by atoms with Gasteiger partial charge in [0.1, 0.15) is 11.5 Å². The van der Waals surface area contributed by atoms with Crippen LogP contribution in [-0.4, -0.2) is 30.9 Å². The fourth-order valence-corrected chi connectivity index (χ4v) is 3.54. The van der Waals surface area contributed by atoms with Crippen LogP contribution in [-0.2, 0) is 19.1 Å². The van der Waals surface area contributed by atoms with E-state index in [1.807, 2.05) is 30.3 Å². The molecule has 168 valence electrons. The van der Waals surface area contributed by atoms with E-state index in [4.69, 9.17) is 21.1 Å². The summed E-state index contributed by atoms with van der Waals surface area (Å²) in [6, 6.07) is 23.0. The molecule has 0 radical (unpaired) electrons. The van der Waals surface area contributed by atoms with Crippen LogP contribution in [0.15, 0.2) is 78.9 Å². The van der Waals surface area contributed by atoms with E-state index in [2.05, 4.69) is 5.32 Å². The fourth-order valence-electron chi connectivity index (χ4n) is 3.42. The number of anilines is 2. The molecule has 1 atom stereocenters. The van der Waals surface area contributed by atoms with Crippen LogP contribution in [0.5, 0.6) is 11.5 Å². The number of benzene rings is 3. The van der Waals surface area contributed by atoms with Crippen LogP contribution in [0.2, 0.25) is 5.02 Å². The van der Waals surface area contributed by atoms with Crippen molar-refractivity contribution in [1.29, 1.82) is 0 Å². The van der Waals surface area contributed by atoms with Crippen molar-refractivity contribution in [2.75, 3.05) is 23.4 Å². The standard InChI is InChI=1S/C25H21ClN2O5/c26-18-6-10-20(11-7-18)28-15-17(14-24(28)30)25(31)32-16-23(29)27-19-8-12-22(13-9-19)33-21-4-2-1-3-5-21/h1-13,17H,14-16H2,(H,27,29)/t17-/m0/s1. The average molecular weight is 465 g/mol. The molecule has 0 saturated carbocycles. The lowest BCUT2D eigenvalue weighted by Gasteiger charge is -2.16. The number of rotatable bonds is 7. The fraction of sp³-hybridized carbons (Fsp3) is 0.160. The zero-order valence-electron chi connectivity index (χ0n) is 17.6. The van der Waals surface area contributed by atoms with Crippen molar-refractivity contribution in [2.45, 2.75) is 6.42 Å². The molecule has 0 unspecified atom stereocenters. The number of hydrogen-bond acceptors (Lipinski definition) is 5. The molecular weight excluding hydrogens is 444 g/mol. The molecule has 0 aliphatic carbocycles. The molecule has 1 heterocycles. The summed E-state index contributed by atoms with van der Waals surface area (Å²) in [5, 5.41) is 3.23. The van der Waals surface area contributed by atoms with E-state index in [0.29, 0.717) is 27.9 Å². The lowest BCUT2D eigenvalue weighted by Crippen LogP contribution is -2.28. The van der Waals surface area contributed by atoms with Crippen LogP contribution in [0.3, 0.4) is 0 Å². The number of halogens is 1. The van der Waals surface area contributed by atoms with Gasteiger partial charge in [-0.05, 0) is 60.7 Å². The maximum Gasteiger partial charge on any atom is 0.311 e. The van der Waals surface area contributed by atoms with Gasteiger partial charge in [-0.2, -0.15) is 0 Å². The zero-order chi connectivity index (χ0) is 23.2. The third kappa shape index (κ3) is 5.90. The second-order valence-electron chi connectivity index (χ2n) is 7.48.